The zero-order valence-electron chi connectivity index (χ0n) is 16.1. The Bertz CT molecular complexity index is 1190. The van der Waals surface area contributed by atoms with Gasteiger partial charge in [0.1, 0.15) is 17.2 Å². The lowest BCUT2D eigenvalue weighted by Crippen LogP contribution is -1.94. The van der Waals surface area contributed by atoms with Crippen molar-refractivity contribution in [1.82, 2.24) is 9.97 Å². The first-order chi connectivity index (χ1) is 14.1. The Morgan fingerprint density at radius 1 is 0.690 bits per heavy atom. The summed E-state index contributed by atoms with van der Waals surface area (Å²) in [4.78, 5) is 9.39. The van der Waals surface area contributed by atoms with E-state index < -0.39 is 0 Å². The second kappa shape index (κ2) is 7.64. The van der Waals surface area contributed by atoms with Crippen LogP contribution < -0.4 is 4.74 Å². The minimum Gasteiger partial charge on any atom is -0.507 e. The van der Waals surface area contributed by atoms with Crippen LogP contribution in [0.15, 0.2) is 72.8 Å². The van der Waals surface area contributed by atoms with Crippen molar-refractivity contribution >= 4 is 0 Å². The quantitative estimate of drug-likeness (QED) is 0.505. The van der Waals surface area contributed by atoms with E-state index in [2.05, 4.69) is 0 Å². The van der Waals surface area contributed by atoms with Gasteiger partial charge in [-0.1, -0.05) is 29.8 Å². The molecule has 0 saturated carbocycles. The predicted molar refractivity (Wildman–Crippen MR) is 113 cm³/mol. The molecule has 144 valence electrons. The van der Waals surface area contributed by atoms with Crippen LogP contribution in [0.3, 0.4) is 0 Å². The van der Waals surface area contributed by atoms with Gasteiger partial charge in [-0.3, -0.25) is 0 Å². The molecule has 0 bridgehead atoms. The first-order valence-electron chi connectivity index (χ1n) is 9.17. The molecule has 2 aromatic carbocycles. The summed E-state index contributed by atoms with van der Waals surface area (Å²) in [5, 5.41) is 20.6. The summed E-state index contributed by atoms with van der Waals surface area (Å²) in [5.41, 5.74) is 4.81. The smallest absolute Gasteiger partial charge is 0.132 e. The van der Waals surface area contributed by atoms with Gasteiger partial charge in [0.2, 0.25) is 0 Å². The van der Waals surface area contributed by atoms with Crippen molar-refractivity contribution in [2.75, 3.05) is 7.11 Å². The van der Waals surface area contributed by atoms with Crippen LogP contribution in [0.2, 0.25) is 0 Å². The number of phenols is 2. The molecule has 5 heteroatoms. The number of methoxy groups -OCH3 is 1. The highest BCUT2D eigenvalue weighted by Gasteiger charge is 2.14. The number of ether oxygens (including phenoxy) is 1. The number of rotatable bonds is 4. The Morgan fingerprint density at radius 3 is 2.03 bits per heavy atom. The largest absolute Gasteiger partial charge is 0.507 e. The number of nitrogens with zero attached hydrogens (tertiary/aromatic N) is 2. The molecule has 0 spiro atoms. The van der Waals surface area contributed by atoms with Gasteiger partial charge in [0.05, 0.1) is 35.4 Å². The molecule has 0 aliphatic heterocycles. The summed E-state index contributed by atoms with van der Waals surface area (Å²) in [7, 11) is 1.56. The van der Waals surface area contributed by atoms with Gasteiger partial charge in [-0.05, 0) is 55.5 Å². The molecule has 0 amide bonds. The van der Waals surface area contributed by atoms with Gasteiger partial charge in [-0.2, -0.15) is 0 Å². The molecule has 29 heavy (non-hydrogen) atoms. The zero-order valence-corrected chi connectivity index (χ0v) is 16.1. The standard InChI is InChI=1S/C24H20N2O3/c1-15-12-13-21(27)16(14-15)17-6-3-7-18(25-17)19-8-4-9-20(26-19)24-22(28)10-5-11-23(24)29-2/h3-14,27-28H,1-2H3. The number of aryl methyl sites for hydroxylation is 1. The van der Waals surface area contributed by atoms with E-state index in [0.717, 1.165) is 5.56 Å². The maximum Gasteiger partial charge on any atom is 0.132 e. The Hall–Kier alpha value is -3.86. The van der Waals surface area contributed by atoms with Gasteiger partial charge < -0.3 is 14.9 Å². The fraction of sp³-hybridized carbons (Fsp3) is 0.0833. The summed E-state index contributed by atoms with van der Waals surface area (Å²) in [6.45, 7) is 1.97. The van der Waals surface area contributed by atoms with E-state index in [1.165, 1.54) is 0 Å². The van der Waals surface area contributed by atoms with Crippen molar-refractivity contribution in [2.24, 2.45) is 0 Å². The van der Waals surface area contributed by atoms with Crippen LogP contribution in [0.4, 0.5) is 0 Å². The van der Waals surface area contributed by atoms with Crippen molar-refractivity contribution in [1.29, 1.82) is 0 Å². The Labute approximate surface area is 168 Å². The van der Waals surface area contributed by atoms with Crippen LogP contribution in [-0.2, 0) is 0 Å². The summed E-state index contributed by atoms with van der Waals surface area (Å²) < 4.78 is 5.38. The number of pyridine rings is 2. The molecule has 0 fully saturated rings. The number of aromatic hydroxyl groups is 2. The van der Waals surface area contributed by atoms with Crippen molar-refractivity contribution in [2.45, 2.75) is 6.92 Å². The molecule has 2 aromatic heterocycles. The van der Waals surface area contributed by atoms with Crippen molar-refractivity contribution in [3.05, 3.63) is 78.4 Å². The molecule has 4 aromatic rings. The van der Waals surface area contributed by atoms with Crippen LogP contribution >= 0.6 is 0 Å². The Kier molecular flexibility index (Phi) is 4.87. The van der Waals surface area contributed by atoms with Gasteiger partial charge in [0.15, 0.2) is 0 Å². The minimum absolute atomic E-state index is 0.0976. The zero-order chi connectivity index (χ0) is 20.4. The third-order valence-electron chi connectivity index (χ3n) is 4.67. The van der Waals surface area contributed by atoms with Gasteiger partial charge >= 0.3 is 0 Å². The molecular formula is C24H20N2O3. The number of hydrogen-bond donors (Lipinski definition) is 2. The van der Waals surface area contributed by atoms with Gasteiger partial charge in [-0.15, -0.1) is 0 Å². The first kappa shape index (κ1) is 18.5. The summed E-state index contributed by atoms with van der Waals surface area (Å²) in [6.07, 6.45) is 0. The number of phenolic OH excluding ortho intramolecular Hbond substituents is 2. The summed E-state index contributed by atoms with van der Waals surface area (Å²) >= 11 is 0. The predicted octanol–water partition coefficient (Wildman–Crippen LogP) is 5.21. The second-order valence-corrected chi connectivity index (χ2v) is 6.69. The molecular weight excluding hydrogens is 364 g/mol. The van der Waals surface area contributed by atoms with Crippen LogP contribution in [-0.4, -0.2) is 27.3 Å². The monoisotopic (exact) mass is 384 g/mol. The van der Waals surface area contributed by atoms with E-state index in [1.54, 1.807) is 31.4 Å². The topological polar surface area (TPSA) is 75.5 Å². The van der Waals surface area contributed by atoms with E-state index in [0.29, 0.717) is 39.7 Å². The molecule has 2 heterocycles. The second-order valence-electron chi connectivity index (χ2n) is 6.69. The molecule has 0 aliphatic rings. The first-order valence-corrected chi connectivity index (χ1v) is 9.17. The van der Waals surface area contributed by atoms with E-state index in [9.17, 15) is 10.2 Å². The van der Waals surface area contributed by atoms with Crippen molar-refractivity contribution in [3.8, 4) is 51.2 Å². The van der Waals surface area contributed by atoms with E-state index in [1.807, 2.05) is 55.5 Å². The average molecular weight is 384 g/mol. The van der Waals surface area contributed by atoms with Crippen LogP contribution in [0.1, 0.15) is 5.56 Å². The molecule has 0 saturated heterocycles. The lowest BCUT2D eigenvalue weighted by atomic mass is 10.1. The Morgan fingerprint density at radius 2 is 1.31 bits per heavy atom. The normalized spacial score (nSPS) is 10.7. The third kappa shape index (κ3) is 3.62. The highest BCUT2D eigenvalue weighted by Crippen LogP contribution is 2.37. The molecule has 2 N–H and O–H groups in total. The lowest BCUT2D eigenvalue weighted by molar-refractivity contribution is 0.410. The number of aromatic nitrogens is 2. The summed E-state index contributed by atoms with van der Waals surface area (Å²) in [6, 6.07) is 21.7. The lowest BCUT2D eigenvalue weighted by Gasteiger charge is -2.11. The summed E-state index contributed by atoms with van der Waals surface area (Å²) in [5.74, 6) is 0.822. The highest BCUT2D eigenvalue weighted by molar-refractivity contribution is 5.76. The van der Waals surface area contributed by atoms with Crippen LogP contribution in [0, 0.1) is 6.92 Å². The molecule has 4 rings (SSSR count). The molecule has 0 unspecified atom stereocenters. The fourth-order valence-corrected chi connectivity index (χ4v) is 3.25. The Balaban J connectivity index is 1.80. The van der Waals surface area contributed by atoms with Crippen LogP contribution in [0.25, 0.3) is 33.9 Å². The van der Waals surface area contributed by atoms with Gasteiger partial charge in [-0.25, -0.2) is 9.97 Å². The fourth-order valence-electron chi connectivity index (χ4n) is 3.25. The van der Waals surface area contributed by atoms with E-state index >= 15 is 0 Å². The van der Waals surface area contributed by atoms with Gasteiger partial charge in [0.25, 0.3) is 0 Å². The van der Waals surface area contributed by atoms with Gasteiger partial charge in [0, 0.05) is 5.56 Å². The van der Waals surface area contributed by atoms with E-state index in [4.69, 9.17) is 14.7 Å². The number of hydrogen-bond acceptors (Lipinski definition) is 5. The number of benzene rings is 2. The van der Waals surface area contributed by atoms with Crippen molar-refractivity contribution < 1.29 is 14.9 Å². The molecule has 0 atom stereocenters. The molecule has 0 radical (unpaired) electrons. The SMILES string of the molecule is COc1cccc(O)c1-c1cccc(-c2cccc(-c3cc(C)ccc3O)n2)n1. The van der Waals surface area contributed by atoms with E-state index in [-0.39, 0.29) is 11.5 Å². The third-order valence-corrected chi connectivity index (χ3v) is 4.67. The maximum atomic E-state index is 10.3. The maximum absolute atomic E-state index is 10.3. The van der Waals surface area contributed by atoms with Crippen molar-refractivity contribution in [3.63, 3.8) is 0 Å². The minimum atomic E-state index is 0.0976. The molecule has 5 nitrogen and oxygen atoms in total. The average Bonchev–Trinajstić information content (AvgIpc) is 2.75. The molecule has 0 aliphatic carbocycles. The highest BCUT2D eigenvalue weighted by atomic mass is 16.5. The van der Waals surface area contributed by atoms with Crippen LogP contribution in [0.5, 0.6) is 17.2 Å².